The van der Waals surface area contributed by atoms with Gasteiger partial charge in [-0.05, 0) is 36.8 Å². The maximum absolute atomic E-state index is 12.2. The van der Waals surface area contributed by atoms with E-state index in [0.29, 0.717) is 12.5 Å². The lowest BCUT2D eigenvalue weighted by Crippen LogP contribution is -2.05. The van der Waals surface area contributed by atoms with Crippen molar-refractivity contribution in [2.24, 2.45) is 4.99 Å². The fourth-order valence-electron chi connectivity index (χ4n) is 2.57. The summed E-state index contributed by atoms with van der Waals surface area (Å²) >= 11 is 3.41. The van der Waals surface area contributed by atoms with E-state index in [9.17, 15) is 4.79 Å². The highest BCUT2D eigenvalue weighted by Crippen LogP contribution is 2.25. The number of aliphatic imine (C=N–C) groups is 1. The highest BCUT2D eigenvalue weighted by Gasteiger charge is 2.24. The maximum atomic E-state index is 12.2. The Hall–Kier alpha value is -2.40. The summed E-state index contributed by atoms with van der Waals surface area (Å²) in [5, 5.41) is 0. The van der Waals surface area contributed by atoms with Gasteiger partial charge in [0.15, 0.2) is 5.70 Å². The molecule has 1 aliphatic heterocycles. The highest BCUT2D eigenvalue weighted by atomic mass is 79.9. The average Bonchev–Trinajstić information content (AvgIpc) is 3.01. The van der Waals surface area contributed by atoms with Gasteiger partial charge in [0.25, 0.3) is 0 Å². The van der Waals surface area contributed by atoms with Crippen molar-refractivity contribution in [3.63, 3.8) is 0 Å². The SMILES string of the molecule is CCCCCOc1ccccc1/C=C1\N=C(c2cccc(Br)c2)OC1=O. The quantitative estimate of drug-likeness (QED) is 0.348. The van der Waals surface area contributed by atoms with Crippen LogP contribution in [0.15, 0.2) is 63.7 Å². The summed E-state index contributed by atoms with van der Waals surface area (Å²) < 4.78 is 12.1. The predicted molar refractivity (Wildman–Crippen MR) is 106 cm³/mol. The second-order valence-electron chi connectivity index (χ2n) is 5.94. The first-order valence-corrected chi connectivity index (χ1v) is 9.47. The van der Waals surface area contributed by atoms with E-state index in [0.717, 1.165) is 40.6 Å². The molecule has 26 heavy (non-hydrogen) atoms. The summed E-state index contributed by atoms with van der Waals surface area (Å²) in [6.45, 7) is 2.82. The van der Waals surface area contributed by atoms with Crippen LogP contribution < -0.4 is 4.74 Å². The monoisotopic (exact) mass is 413 g/mol. The molecule has 0 fully saturated rings. The van der Waals surface area contributed by atoms with Gasteiger partial charge in [0.05, 0.1) is 6.61 Å². The topological polar surface area (TPSA) is 47.9 Å². The van der Waals surface area contributed by atoms with Crippen LogP contribution in [0, 0.1) is 0 Å². The molecule has 0 aromatic heterocycles. The largest absolute Gasteiger partial charge is 0.493 e. The van der Waals surface area contributed by atoms with Crippen LogP contribution in [-0.4, -0.2) is 18.5 Å². The Morgan fingerprint density at radius 2 is 2.00 bits per heavy atom. The second kappa shape index (κ2) is 8.81. The van der Waals surface area contributed by atoms with Crippen LogP contribution in [0.5, 0.6) is 5.75 Å². The van der Waals surface area contributed by atoms with Gasteiger partial charge in [0, 0.05) is 15.6 Å². The molecule has 0 atom stereocenters. The normalized spacial score (nSPS) is 15.1. The van der Waals surface area contributed by atoms with E-state index < -0.39 is 5.97 Å². The molecular weight excluding hydrogens is 394 g/mol. The van der Waals surface area contributed by atoms with Crippen LogP contribution in [0.1, 0.15) is 37.3 Å². The summed E-state index contributed by atoms with van der Waals surface area (Å²) in [6.07, 6.45) is 5.00. The number of cyclic esters (lactones) is 1. The van der Waals surface area contributed by atoms with E-state index in [2.05, 4.69) is 27.8 Å². The third-order valence-corrected chi connectivity index (χ3v) is 4.40. The van der Waals surface area contributed by atoms with Gasteiger partial charge in [-0.3, -0.25) is 0 Å². The van der Waals surface area contributed by atoms with E-state index >= 15 is 0 Å². The summed E-state index contributed by atoms with van der Waals surface area (Å²) in [5.74, 6) is 0.597. The lowest BCUT2D eigenvalue weighted by Gasteiger charge is -2.08. The average molecular weight is 414 g/mol. The second-order valence-corrected chi connectivity index (χ2v) is 6.86. The van der Waals surface area contributed by atoms with E-state index in [1.165, 1.54) is 0 Å². The Bertz CT molecular complexity index is 858. The fourth-order valence-corrected chi connectivity index (χ4v) is 2.97. The van der Waals surface area contributed by atoms with Gasteiger partial charge in [0.2, 0.25) is 5.90 Å². The minimum absolute atomic E-state index is 0.268. The van der Waals surface area contributed by atoms with Crippen molar-refractivity contribution in [2.45, 2.75) is 26.2 Å². The Balaban J connectivity index is 1.82. The van der Waals surface area contributed by atoms with Gasteiger partial charge in [-0.15, -0.1) is 0 Å². The van der Waals surface area contributed by atoms with Crippen LogP contribution >= 0.6 is 15.9 Å². The van der Waals surface area contributed by atoms with E-state index in [1.807, 2.05) is 48.5 Å². The van der Waals surface area contributed by atoms with Gasteiger partial charge >= 0.3 is 5.97 Å². The molecule has 0 saturated heterocycles. The molecule has 2 aromatic rings. The molecule has 0 saturated carbocycles. The molecule has 0 spiro atoms. The van der Waals surface area contributed by atoms with Gasteiger partial charge in [-0.2, -0.15) is 0 Å². The number of carbonyl (C=O) groups excluding carboxylic acids is 1. The third-order valence-electron chi connectivity index (χ3n) is 3.91. The Morgan fingerprint density at radius 1 is 1.15 bits per heavy atom. The first kappa shape index (κ1) is 18.4. The molecule has 0 unspecified atom stereocenters. The van der Waals surface area contributed by atoms with E-state index in [-0.39, 0.29) is 5.70 Å². The number of rotatable bonds is 7. The number of nitrogens with zero attached hydrogens (tertiary/aromatic N) is 1. The van der Waals surface area contributed by atoms with Gasteiger partial charge in [-0.1, -0.05) is 60.0 Å². The van der Waals surface area contributed by atoms with Crippen molar-refractivity contribution < 1.29 is 14.3 Å². The van der Waals surface area contributed by atoms with Crippen LogP contribution in [0.4, 0.5) is 0 Å². The van der Waals surface area contributed by atoms with Crippen molar-refractivity contribution >= 4 is 33.9 Å². The van der Waals surface area contributed by atoms with Crippen molar-refractivity contribution in [2.75, 3.05) is 6.61 Å². The molecule has 0 bridgehead atoms. The smallest absolute Gasteiger partial charge is 0.363 e. The molecule has 0 radical (unpaired) electrons. The Labute approximate surface area is 161 Å². The lowest BCUT2D eigenvalue weighted by atomic mass is 10.1. The van der Waals surface area contributed by atoms with Crippen molar-refractivity contribution in [1.29, 1.82) is 0 Å². The standard InChI is InChI=1S/C21H20BrNO3/c1-2-3-6-12-25-19-11-5-4-8-15(19)14-18-21(24)26-20(23-18)16-9-7-10-17(22)13-16/h4-5,7-11,13-14H,2-3,6,12H2,1H3/b18-14-. The first-order valence-electron chi connectivity index (χ1n) is 8.67. The summed E-state index contributed by atoms with van der Waals surface area (Å²) in [7, 11) is 0. The van der Waals surface area contributed by atoms with Crippen LogP contribution in [-0.2, 0) is 9.53 Å². The summed E-state index contributed by atoms with van der Waals surface area (Å²) in [5.41, 5.74) is 1.83. The number of carbonyl (C=O) groups is 1. The van der Waals surface area contributed by atoms with Gasteiger partial charge < -0.3 is 9.47 Å². The van der Waals surface area contributed by atoms with Crippen molar-refractivity contribution in [3.05, 3.63) is 69.8 Å². The number of para-hydroxylation sites is 1. The van der Waals surface area contributed by atoms with Gasteiger partial charge in [0.1, 0.15) is 5.75 Å². The van der Waals surface area contributed by atoms with Crippen LogP contribution in [0.3, 0.4) is 0 Å². The van der Waals surface area contributed by atoms with Crippen LogP contribution in [0.2, 0.25) is 0 Å². The lowest BCUT2D eigenvalue weighted by molar-refractivity contribution is -0.129. The summed E-state index contributed by atoms with van der Waals surface area (Å²) in [4.78, 5) is 16.6. The molecule has 2 aromatic carbocycles. The third kappa shape index (κ3) is 4.61. The zero-order valence-electron chi connectivity index (χ0n) is 14.6. The minimum Gasteiger partial charge on any atom is -0.493 e. The number of hydrogen-bond acceptors (Lipinski definition) is 4. The highest BCUT2D eigenvalue weighted by molar-refractivity contribution is 9.10. The van der Waals surface area contributed by atoms with Crippen molar-refractivity contribution in [3.8, 4) is 5.75 Å². The zero-order valence-corrected chi connectivity index (χ0v) is 16.2. The molecule has 1 heterocycles. The zero-order chi connectivity index (χ0) is 18.4. The number of hydrogen-bond donors (Lipinski definition) is 0. The number of ether oxygens (including phenoxy) is 2. The number of halogens is 1. The predicted octanol–water partition coefficient (Wildman–Crippen LogP) is 5.36. The molecule has 5 heteroatoms. The molecule has 3 rings (SSSR count). The number of esters is 1. The molecule has 4 nitrogen and oxygen atoms in total. The number of unbranched alkanes of at least 4 members (excludes halogenated alkanes) is 2. The molecular formula is C21H20BrNO3. The first-order chi connectivity index (χ1) is 12.7. The maximum Gasteiger partial charge on any atom is 0.363 e. The Kier molecular flexibility index (Phi) is 6.23. The Morgan fingerprint density at radius 3 is 2.81 bits per heavy atom. The van der Waals surface area contributed by atoms with Crippen molar-refractivity contribution in [1.82, 2.24) is 0 Å². The van der Waals surface area contributed by atoms with Gasteiger partial charge in [-0.25, -0.2) is 9.79 Å². The molecule has 0 aliphatic carbocycles. The molecule has 0 N–H and O–H groups in total. The number of benzene rings is 2. The van der Waals surface area contributed by atoms with E-state index in [4.69, 9.17) is 9.47 Å². The minimum atomic E-state index is -0.458. The molecule has 134 valence electrons. The van der Waals surface area contributed by atoms with E-state index in [1.54, 1.807) is 6.08 Å². The fraction of sp³-hybridized carbons (Fsp3) is 0.238. The molecule has 0 amide bonds. The van der Waals surface area contributed by atoms with Crippen LogP contribution in [0.25, 0.3) is 6.08 Å². The summed E-state index contributed by atoms with van der Waals surface area (Å²) in [6, 6.07) is 15.1. The molecule has 1 aliphatic rings.